The van der Waals surface area contributed by atoms with Crippen LogP contribution in [0.15, 0.2) is 42.5 Å². The van der Waals surface area contributed by atoms with Crippen molar-refractivity contribution in [1.29, 1.82) is 0 Å². The zero-order valence-corrected chi connectivity index (χ0v) is 15.2. The number of thioether (sulfide) groups is 1. The zero-order valence-electron chi connectivity index (χ0n) is 14.4. The molecule has 1 N–H and O–H groups in total. The van der Waals surface area contributed by atoms with Crippen molar-refractivity contribution >= 4 is 35.0 Å². The molecule has 1 saturated carbocycles. The van der Waals surface area contributed by atoms with Gasteiger partial charge in [0.2, 0.25) is 11.8 Å². The molecular weight excluding hydrogens is 351 g/mol. The minimum atomic E-state index is -0.316. The average Bonchev–Trinajstić information content (AvgIpc) is 3.41. The van der Waals surface area contributed by atoms with Crippen LogP contribution in [0.4, 0.5) is 15.8 Å². The molecular formula is C20H19FN2O2S. The lowest BCUT2D eigenvalue weighted by Gasteiger charge is -2.25. The van der Waals surface area contributed by atoms with Crippen LogP contribution in [0.3, 0.4) is 0 Å². The van der Waals surface area contributed by atoms with E-state index in [1.54, 1.807) is 24.0 Å². The largest absolute Gasteiger partial charge is 0.326 e. The van der Waals surface area contributed by atoms with Gasteiger partial charge in [-0.05, 0) is 55.2 Å². The highest BCUT2D eigenvalue weighted by Gasteiger charge is 2.34. The number of hydrogen-bond donors (Lipinski definition) is 1. The molecule has 134 valence electrons. The Bertz CT molecular complexity index is 865. The van der Waals surface area contributed by atoms with Gasteiger partial charge in [-0.25, -0.2) is 4.39 Å². The van der Waals surface area contributed by atoms with Crippen LogP contribution in [0.5, 0.6) is 0 Å². The first-order chi connectivity index (χ1) is 12.5. The van der Waals surface area contributed by atoms with Gasteiger partial charge in [0.1, 0.15) is 11.2 Å². The van der Waals surface area contributed by atoms with Crippen LogP contribution in [0.1, 0.15) is 29.3 Å². The van der Waals surface area contributed by atoms with Crippen LogP contribution >= 0.6 is 11.8 Å². The van der Waals surface area contributed by atoms with Gasteiger partial charge in [0, 0.05) is 17.3 Å². The van der Waals surface area contributed by atoms with E-state index in [1.165, 1.54) is 17.8 Å². The van der Waals surface area contributed by atoms with E-state index in [9.17, 15) is 14.0 Å². The van der Waals surface area contributed by atoms with E-state index in [1.807, 2.05) is 24.3 Å². The zero-order chi connectivity index (χ0) is 18.3. The molecule has 0 bridgehead atoms. The summed E-state index contributed by atoms with van der Waals surface area (Å²) in [6.07, 6.45) is 1.93. The highest BCUT2D eigenvalue weighted by atomic mass is 32.2. The number of hydrogen-bond acceptors (Lipinski definition) is 3. The molecule has 4 nitrogen and oxygen atoms in total. The average molecular weight is 370 g/mol. The van der Waals surface area contributed by atoms with Gasteiger partial charge in [-0.1, -0.05) is 18.2 Å². The maximum Gasteiger partial charge on any atom is 0.238 e. The minimum Gasteiger partial charge on any atom is -0.326 e. The number of anilines is 2. The van der Waals surface area contributed by atoms with Crippen molar-refractivity contribution in [3.8, 4) is 0 Å². The molecule has 0 radical (unpaired) electrons. The predicted octanol–water partition coefficient (Wildman–Crippen LogP) is 4.26. The molecule has 2 aromatic carbocycles. The fraction of sp³-hybridized carbons (Fsp3) is 0.300. The van der Waals surface area contributed by atoms with Crippen LogP contribution in [-0.2, 0) is 9.59 Å². The first-order valence-corrected chi connectivity index (χ1v) is 9.68. The summed E-state index contributed by atoms with van der Waals surface area (Å²) in [5, 5.41) is 2.71. The molecule has 26 heavy (non-hydrogen) atoms. The molecule has 1 aliphatic carbocycles. The third-order valence-corrected chi connectivity index (χ3v) is 5.93. The Balaban J connectivity index is 1.56. The quantitative estimate of drug-likeness (QED) is 0.875. The number of aryl methyl sites for hydroxylation is 1. The molecule has 1 aliphatic heterocycles. The van der Waals surface area contributed by atoms with Crippen LogP contribution in [0.2, 0.25) is 0 Å². The maximum atomic E-state index is 13.9. The van der Waals surface area contributed by atoms with E-state index in [0.717, 1.165) is 24.1 Å². The number of amides is 2. The van der Waals surface area contributed by atoms with E-state index >= 15 is 0 Å². The van der Waals surface area contributed by atoms with Crippen molar-refractivity contribution in [2.75, 3.05) is 16.0 Å². The summed E-state index contributed by atoms with van der Waals surface area (Å²) in [6, 6.07) is 12.4. The summed E-state index contributed by atoms with van der Waals surface area (Å²) in [6.45, 7) is 1.70. The SMILES string of the molecule is Cc1ccc(N2C(=O)CSC2c2ccc(NC(=O)C3CC3)cc2)cc1F. The van der Waals surface area contributed by atoms with Crippen molar-refractivity contribution < 1.29 is 14.0 Å². The van der Waals surface area contributed by atoms with Gasteiger partial charge in [-0.15, -0.1) is 11.8 Å². The van der Waals surface area contributed by atoms with Gasteiger partial charge in [-0.3, -0.25) is 14.5 Å². The van der Waals surface area contributed by atoms with Crippen LogP contribution in [0, 0.1) is 18.7 Å². The smallest absolute Gasteiger partial charge is 0.238 e. The number of rotatable bonds is 4. The molecule has 4 rings (SSSR count). The van der Waals surface area contributed by atoms with Gasteiger partial charge in [-0.2, -0.15) is 0 Å². The second kappa shape index (κ2) is 6.76. The fourth-order valence-corrected chi connectivity index (χ4v) is 4.18. The van der Waals surface area contributed by atoms with E-state index in [0.29, 0.717) is 17.0 Å². The molecule has 6 heteroatoms. The molecule has 2 aromatic rings. The highest BCUT2D eigenvalue weighted by Crippen LogP contribution is 2.42. The normalized spacial score (nSPS) is 19.7. The second-order valence-electron chi connectivity index (χ2n) is 6.75. The van der Waals surface area contributed by atoms with Crippen molar-refractivity contribution in [2.24, 2.45) is 5.92 Å². The number of nitrogens with one attached hydrogen (secondary N) is 1. The molecule has 1 saturated heterocycles. The Labute approximate surface area is 155 Å². The van der Waals surface area contributed by atoms with Crippen LogP contribution in [0.25, 0.3) is 0 Å². The summed E-state index contributed by atoms with van der Waals surface area (Å²) in [5.41, 5.74) is 2.83. The number of carbonyl (C=O) groups excluding carboxylic acids is 2. The van der Waals surface area contributed by atoms with Gasteiger partial charge in [0.15, 0.2) is 0 Å². The summed E-state index contributed by atoms with van der Waals surface area (Å²) in [7, 11) is 0. The molecule has 2 aliphatic rings. The highest BCUT2D eigenvalue weighted by molar-refractivity contribution is 8.00. The number of halogens is 1. The molecule has 2 fully saturated rings. The second-order valence-corrected chi connectivity index (χ2v) is 7.81. The standard InChI is InChI=1S/C20H19FN2O2S/c1-12-2-9-16(10-17(12)21)23-18(24)11-26-20(23)14-5-7-15(8-6-14)22-19(25)13-3-4-13/h2,5-10,13,20H,3-4,11H2,1H3,(H,22,25). The van der Waals surface area contributed by atoms with Gasteiger partial charge in [0.25, 0.3) is 0 Å². The van der Waals surface area contributed by atoms with Gasteiger partial charge in [0.05, 0.1) is 5.75 Å². The Hall–Kier alpha value is -2.34. The number of carbonyl (C=O) groups is 2. The summed E-state index contributed by atoms with van der Waals surface area (Å²) >= 11 is 1.52. The van der Waals surface area contributed by atoms with E-state index < -0.39 is 0 Å². The minimum absolute atomic E-state index is 0.0330. The van der Waals surface area contributed by atoms with Gasteiger partial charge < -0.3 is 5.32 Å². The molecule has 1 atom stereocenters. The monoisotopic (exact) mass is 370 g/mol. The topological polar surface area (TPSA) is 49.4 Å². The van der Waals surface area contributed by atoms with E-state index in [2.05, 4.69) is 5.32 Å². The summed E-state index contributed by atoms with van der Waals surface area (Å²) in [4.78, 5) is 25.9. The maximum absolute atomic E-state index is 13.9. The molecule has 1 unspecified atom stereocenters. The lowest BCUT2D eigenvalue weighted by atomic mass is 10.1. The first-order valence-electron chi connectivity index (χ1n) is 8.63. The Morgan fingerprint density at radius 2 is 1.92 bits per heavy atom. The Kier molecular flexibility index (Phi) is 4.44. The summed E-state index contributed by atoms with van der Waals surface area (Å²) < 4.78 is 13.9. The summed E-state index contributed by atoms with van der Waals surface area (Å²) in [5.74, 6) is 0.239. The Morgan fingerprint density at radius 3 is 2.58 bits per heavy atom. The molecule has 1 heterocycles. The third-order valence-electron chi connectivity index (χ3n) is 4.71. The molecule has 0 spiro atoms. The van der Waals surface area contributed by atoms with Crippen molar-refractivity contribution in [2.45, 2.75) is 25.1 Å². The van der Waals surface area contributed by atoms with Crippen LogP contribution < -0.4 is 10.2 Å². The third kappa shape index (κ3) is 3.33. The number of nitrogens with zero attached hydrogens (tertiary/aromatic N) is 1. The molecule has 0 aromatic heterocycles. The Morgan fingerprint density at radius 1 is 1.19 bits per heavy atom. The van der Waals surface area contributed by atoms with Crippen molar-refractivity contribution in [3.05, 3.63) is 59.4 Å². The first kappa shape index (κ1) is 17.1. The van der Waals surface area contributed by atoms with Gasteiger partial charge >= 0.3 is 0 Å². The predicted molar refractivity (Wildman–Crippen MR) is 102 cm³/mol. The lowest BCUT2D eigenvalue weighted by Crippen LogP contribution is -2.28. The lowest BCUT2D eigenvalue weighted by molar-refractivity contribution is -0.117. The van der Waals surface area contributed by atoms with E-state index in [4.69, 9.17) is 0 Å². The van der Waals surface area contributed by atoms with Crippen LogP contribution in [-0.4, -0.2) is 17.6 Å². The van der Waals surface area contributed by atoms with Crippen molar-refractivity contribution in [1.82, 2.24) is 0 Å². The number of benzene rings is 2. The fourth-order valence-electron chi connectivity index (χ4n) is 3.00. The molecule has 2 amide bonds. The van der Waals surface area contributed by atoms with Crippen molar-refractivity contribution in [3.63, 3.8) is 0 Å². The van der Waals surface area contributed by atoms with E-state index in [-0.39, 0.29) is 28.9 Å².